The van der Waals surface area contributed by atoms with Crippen molar-refractivity contribution in [3.63, 3.8) is 0 Å². The summed E-state index contributed by atoms with van der Waals surface area (Å²) in [4.78, 5) is 27.3. The highest BCUT2D eigenvalue weighted by molar-refractivity contribution is 5.91. The number of rotatable bonds is 5. The zero-order valence-electron chi connectivity index (χ0n) is 11.4. The fourth-order valence-electron chi connectivity index (χ4n) is 1.72. The number of likely N-dealkylation sites (N-methyl/N-ethyl adjacent to an activating group) is 2. The maximum absolute atomic E-state index is 12.0. The highest BCUT2D eigenvalue weighted by Crippen LogP contribution is 2.15. The number of carbonyl (C=O) groups excluding carboxylic acids is 2. The lowest BCUT2D eigenvalue weighted by Crippen LogP contribution is -2.51. The molecule has 1 fully saturated rings. The molecule has 5 nitrogen and oxygen atoms in total. The van der Waals surface area contributed by atoms with E-state index in [9.17, 15) is 9.59 Å². The molecular weight excluding hydrogens is 218 g/mol. The van der Waals surface area contributed by atoms with Gasteiger partial charge in [0.2, 0.25) is 11.8 Å². The van der Waals surface area contributed by atoms with Gasteiger partial charge in [-0.15, -0.1) is 0 Å². The van der Waals surface area contributed by atoms with Gasteiger partial charge in [0.05, 0.1) is 0 Å². The molecule has 0 aliphatic carbocycles. The second kappa shape index (κ2) is 5.49. The molecule has 2 unspecified atom stereocenters. The number of amides is 2. The third kappa shape index (κ3) is 3.43. The van der Waals surface area contributed by atoms with Crippen LogP contribution in [0.25, 0.3) is 0 Å². The number of carbonyl (C=O) groups is 2. The van der Waals surface area contributed by atoms with Crippen LogP contribution in [0.3, 0.4) is 0 Å². The Bertz CT molecular complexity index is 304. The maximum atomic E-state index is 12.0. The number of hydrogen-bond acceptors (Lipinski definition) is 3. The minimum absolute atomic E-state index is 0.0315. The van der Waals surface area contributed by atoms with Crippen molar-refractivity contribution in [2.45, 2.75) is 32.4 Å². The van der Waals surface area contributed by atoms with E-state index >= 15 is 0 Å². The summed E-state index contributed by atoms with van der Waals surface area (Å²) in [5.74, 6) is 0.0851. The van der Waals surface area contributed by atoms with E-state index in [1.165, 1.54) is 4.90 Å². The molecule has 1 aliphatic rings. The summed E-state index contributed by atoms with van der Waals surface area (Å²) in [6.45, 7) is 4.80. The molecule has 0 radical (unpaired) electrons. The van der Waals surface area contributed by atoms with Gasteiger partial charge in [0, 0.05) is 20.6 Å². The Labute approximate surface area is 103 Å². The third-order valence-electron chi connectivity index (χ3n) is 3.38. The number of nitrogens with zero attached hydrogens (tertiary/aromatic N) is 2. The van der Waals surface area contributed by atoms with E-state index in [0.29, 0.717) is 0 Å². The van der Waals surface area contributed by atoms with Gasteiger partial charge < -0.3 is 10.2 Å². The second-order valence-electron chi connectivity index (χ2n) is 5.06. The normalized spacial score (nSPS) is 25.9. The van der Waals surface area contributed by atoms with Gasteiger partial charge >= 0.3 is 0 Å². The van der Waals surface area contributed by atoms with E-state index in [1.807, 2.05) is 25.8 Å². The van der Waals surface area contributed by atoms with E-state index in [4.69, 9.17) is 0 Å². The van der Waals surface area contributed by atoms with Crippen LogP contribution in [0, 0.1) is 5.92 Å². The SMILES string of the molecule is CC[C@H](C)[C@H](NC(=O)C1CN1C)C(=O)N(C)C. The summed E-state index contributed by atoms with van der Waals surface area (Å²) in [6, 6.07) is -0.451. The van der Waals surface area contributed by atoms with Gasteiger partial charge in [0.25, 0.3) is 0 Å². The summed E-state index contributed by atoms with van der Waals surface area (Å²) in [5, 5.41) is 2.87. The summed E-state index contributed by atoms with van der Waals surface area (Å²) in [5.41, 5.74) is 0. The van der Waals surface area contributed by atoms with Crippen LogP contribution in [0.4, 0.5) is 0 Å². The summed E-state index contributed by atoms with van der Waals surface area (Å²) >= 11 is 0. The fourth-order valence-corrected chi connectivity index (χ4v) is 1.72. The molecule has 17 heavy (non-hydrogen) atoms. The molecule has 0 aromatic rings. The molecule has 0 spiro atoms. The molecule has 0 aromatic carbocycles. The van der Waals surface area contributed by atoms with Crippen molar-refractivity contribution in [2.75, 3.05) is 27.7 Å². The first kappa shape index (κ1) is 14.0. The second-order valence-corrected chi connectivity index (χ2v) is 5.06. The summed E-state index contributed by atoms with van der Waals surface area (Å²) < 4.78 is 0. The Morgan fingerprint density at radius 2 is 2.00 bits per heavy atom. The molecule has 0 saturated carbocycles. The maximum Gasteiger partial charge on any atom is 0.244 e. The molecule has 1 rings (SSSR count). The average molecular weight is 241 g/mol. The van der Waals surface area contributed by atoms with Gasteiger partial charge in [0.15, 0.2) is 0 Å². The highest BCUT2D eigenvalue weighted by Gasteiger charge is 2.39. The number of hydrogen-bond donors (Lipinski definition) is 1. The molecule has 1 saturated heterocycles. The molecule has 1 heterocycles. The molecule has 2 amide bonds. The average Bonchev–Trinajstić information content (AvgIpc) is 3.01. The van der Waals surface area contributed by atoms with Crippen molar-refractivity contribution < 1.29 is 9.59 Å². The Morgan fingerprint density at radius 1 is 1.47 bits per heavy atom. The quantitative estimate of drug-likeness (QED) is 0.685. The van der Waals surface area contributed by atoms with Crippen molar-refractivity contribution >= 4 is 11.8 Å². The lowest BCUT2D eigenvalue weighted by atomic mass is 9.98. The topological polar surface area (TPSA) is 52.4 Å². The van der Waals surface area contributed by atoms with E-state index in [1.54, 1.807) is 14.1 Å². The lowest BCUT2D eigenvalue weighted by molar-refractivity contribution is -0.135. The van der Waals surface area contributed by atoms with Gasteiger partial charge in [-0.2, -0.15) is 0 Å². The highest BCUT2D eigenvalue weighted by atomic mass is 16.2. The largest absolute Gasteiger partial charge is 0.347 e. The van der Waals surface area contributed by atoms with Crippen molar-refractivity contribution in [2.24, 2.45) is 5.92 Å². The molecule has 0 bridgehead atoms. The Kier molecular flexibility index (Phi) is 4.51. The van der Waals surface area contributed by atoms with Crippen LogP contribution in [0.15, 0.2) is 0 Å². The predicted octanol–water partition coefficient (Wildman–Crippen LogP) is -0.0805. The number of nitrogens with one attached hydrogen (secondary N) is 1. The smallest absolute Gasteiger partial charge is 0.244 e. The van der Waals surface area contributed by atoms with Crippen LogP contribution in [0.2, 0.25) is 0 Å². The van der Waals surface area contributed by atoms with Crippen LogP contribution >= 0.6 is 0 Å². The van der Waals surface area contributed by atoms with E-state index < -0.39 is 6.04 Å². The molecule has 5 heteroatoms. The van der Waals surface area contributed by atoms with Crippen LogP contribution in [0.1, 0.15) is 20.3 Å². The molecular formula is C12H23N3O2. The zero-order valence-corrected chi connectivity index (χ0v) is 11.4. The van der Waals surface area contributed by atoms with Crippen molar-refractivity contribution in [3.8, 4) is 0 Å². The van der Waals surface area contributed by atoms with Crippen molar-refractivity contribution in [1.82, 2.24) is 15.1 Å². The zero-order chi connectivity index (χ0) is 13.2. The van der Waals surface area contributed by atoms with Crippen LogP contribution in [-0.2, 0) is 9.59 Å². The lowest BCUT2D eigenvalue weighted by Gasteiger charge is -2.26. The Morgan fingerprint density at radius 3 is 2.35 bits per heavy atom. The first-order valence-corrected chi connectivity index (χ1v) is 6.10. The van der Waals surface area contributed by atoms with Gasteiger partial charge in [-0.05, 0) is 13.0 Å². The monoisotopic (exact) mass is 241 g/mol. The van der Waals surface area contributed by atoms with E-state index in [0.717, 1.165) is 13.0 Å². The first-order chi connectivity index (χ1) is 7.88. The molecule has 0 aromatic heterocycles. The fraction of sp³-hybridized carbons (Fsp3) is 0.833. The minimum Gasteiger partial charge on any atom is -0.347 e. The molecule has 1 N–H and O–H groups in total. The van der Waals surface area contributed by atoms with Crippen LogP contribution < -0.4 is 5.32 Å². The minimum atomic E-state index is -0.406. The molecule has 4 atom stereocenters. The van der Waals surface area contributed by atoms with E-state index in [2.05, 4.69) is 5.32 Å². The van der Waals surface area contributed by atoms with Gasteiger partial charge in [-0.3, -0.25) is 14.5 Å². The van der Waals surface area contributed by atoms with Crippen LogP contribution in [-0.4, -0.2) is 61.4 Å². The summed E-state index contributed by atoms with van der Waals surface area (Å²) in [6.07, 6.45) is 0.866. The Balaban J connectivity index is 2.63. The first-order valence-electron chi connectivity index (χ1n) is 6.10. The van der Waals surface area contributed by atoms with E-state index in [-0.39, 0.29) is 23.8 Å². The predicted molar refractivity (Wildman–Crippen MR) is 66.5 cm³/mol. The van der Waals surface area contributed by atoms with Crippen LogP contribution in [0.5, 0.6) is 0 Å². The third-order valence-corrected chi connectivity index (χ3v) is 3.38. The summed E-state index contributed by atoms with van der Waals surface area (Å²) in [7, 11) is 5.33. The van der Waals surface area contributed by atoms with Gasteiger partial charge in [0.1, 0.15) is 12.1 Å². The van der Waals surface area contributed by atoms with Gasteiger partial charge in [-0.1, -0.05) is 20.3 Å². The molecule has 1 aliphatic heterocycles. The van der Waals surface area contributed by atoms with Crippen molar-refractivity contribution in [1.29, 1.82) is 0 Å². The molecule has 98 valence electrons. The Hall–Kier alpha value is -1.10. The van der Waals surface area contributed by atoms with Gasteiger partial charge in [-0.25, -0.2) is 0 Å². The van der Waals surface area contributed by atoms with Crippen molar-refractivity contribution in [3.05, 3.63) is 0 Å². The standard InChI is InChI=1S/C12H23N3O2/c1-6-8(2)10(12(17)14(3)4)13-11(16)9-7-15(9)5/h8-10H,6-7H2,1-5H3,(H,13,16)/t8-,9?,10-,15?/m0/s1.